The average molecular weight is 427 g/mol. The van der Waals surface area contributed by atoms with Crippen LogP contribution in [0.15, 0.2) is 60.7 Å². The Morgan fingerprint density at radius 3 is 1.25 bits per heavy atom. The third-order valence-corrected chi connectivity index (χ3v) is 5.47. The van der Waals surface area contributed by atoms with E-state index in [9.17, 15) is 16.8 Å². The molecule has 2 aromatic carbocycles. The molecule has 0 saturated heterocycles. The van der Waals surface area contributed by atoms with Gasteiger partial charge in [-0.05, 0) is 35.8 Å². The van der Waals surface area contributed by atoms with E-state index < -0.39 is 20.2 Å². The summed E-state index contributed by atoms with van der Waals surface area (Å²) >= 11 is 0. The van der Waals surface area contributed by atoms with Crippen LogP contribution in [0.4, 0.5) is 0 Å². The maximum absolute atomic E-state index is 11.5. The summed E-state index contributed by atoms with van der Waals surface area (Å²) in [6.45, 7) is -0.0866. The molecule has 6 nitrogen and oxygen atoms in total. The van der Waals surface area contributed by atoms with Crippen molar-refractivity contribution in [3.8, 4) is 0 Å². The monoisotopic (exact) mass is 426 g/mol. The van der Waals surface area contributed by atoms with Gasteiger partial charge in [-0.25, -0.2) is 0 Å². The van der Waals surface area contributed by atoms with Crippen molar-refractivity contribution < 1.29 is 25.2 Å². The number of rotatable bonds is 11. The molecule has 0 spiro atoms. The Labute approximate surface area is 167 Å². The van der Waals surface area contributed by atoms with Crippen LogP contribution in [0, 0.1) is 11.8 Å². The van der Waals surface area contributed by atoms with Crippen LogP contribution >= 0.6 is 0 Å². The lowest BCUT2D eigenvalue weighted by Gasteiger charge is -2.27. The minimum Gasteiger partial charge on any atom is -0.270 e. The smallest absolute Gasteiger partial charge is 0.264 e. The topological polar surface area (TPSA) is 86.7 Å². The molecule has 0 aromatic heterocycles. The zero-order valence-corrected chi connectivity index (χ0v) is 17.7. The SMILES string of the molecule is CS(=O)(=O)OC[C@H](Cc1ccccc1)[C@H](COS(C)(=O)=O)Cc1ccccc1. The van der Waals surface area contributed by atoms with E-state index in [2.05, 4.69) is 0 Å². The van der Waals surface area contributed by atoms with Crippen LogP contribution in [0.1, 0.15) is 11.1 Å². The van der Waals surface area contributed by atoms with Gasteiger partial charge in [-0.1, -0.05) is 60.7 Å². The first-order valence-electron chi connectivity index (χ1n) is 8.89. The Balaban J connectivity index is 2.27. The number of hydrogen-bond acceptors (Lipinski definition) is 6. The van der Waals surface area contributed by atoms with E-state index in [1.54, 1.807) is 0 Å². The van der Waals surface area contributed by atoms with Gasteiger partial charge in [0.15, 0.2) is 0 Å². The highest BCUT2D eigenvalue weighted by atomic mass is 32.2. The van der Waals surface area contributed by atoms with Gasteiger partial charge in [-0.15, -0.1) is 0 Å². The van der Waals surface area contributed by atoms with E-state index in [1.807, 2.05) is 60.7 Å². The van der Waals surface area contributed by atoms with Crippen molar-refractivity contribution in [3.63, 3.8) is 0 Å². The second-order valence-electron chi connectivity index (χ2n) is 6.88. The zero-order valence-electron chi connectivity index (χ0n) is 16.0. The molecule has 2 aromatic rings. The average Bonchev–Trinajstić information content (AvgIpc) is 2.62. The molecule has 0 amide bonds. The summed E-state index contributed by atoms with van der Waals surface area (Å²) in [6, 6.07) is 19.2. The molecule has 0 unspecified atom stereocenters. The third kappa shape index (κ3) is 8.97. The molecule has 0 bridgehead atoms. The van der Waals surface area contributed by atoms with E-state index >= 15 is 0 Å². The van der Waals surface area contributed by atoms with Gasteiger partial charge in [0.1, 0.15) is 0 Å². The highest BCUT2D eigenvalue weighted by molar-refractivity contribution is 7.86. The minimum atomic E-state index is -3.62. The number of benzene rings is 2. The summed E-state index contributed by atoms with van der Waals surface area (Å²) in [6.07, 6.45) is 3.10. The summed E-state index contributed by atoms with van der Waals surface area (Å²) in [5, 5.41) is 0. The lowest BCUT2D eigenvalue weighted by Crippen LogP contribution is -2.30. The molecule has 0 radical (unpaired) electrons. The van der Waals surface area contributed by atoms with E-state index in [-0.39, 0.29) is 25.0 Å². The maximum atomic E-state index is 11.5. The lowest BCUT2D eigenvalue weighted by molar-refractivity contribution is 0.147. The Morgan fingerprint density at radius 1 is 0.643 bits per heavy atom. The van der Waals surface area contributed by atoms with Gasteiger partial charge in [-0.3, -0.25) is 8.37 Å². The summed E-state index contributed by atoms with van der Waals surface area (Å²) < 4.78 is 56.3. The van der Waals surface area contributed by atoms with Crippen molar-refractivity contribution in [2.45, 2.75) is 12.8 Å². The minimum absolute atomic E-state index is 0.0433. The Kier molecular flexibility index (Phi) is 8.18. The van der Waals surface area contributed by atoms with Gasteiger partial charge in [0.05, 0.1) is 25.7 Å². The quantitative estimate of drug-likeness (QED) is 0.514. The van der Waals surface area contributed by atoms with Crippen LogP contribution in [-0.2, 0) is 41.4 Å². The molecular weight excluding hydrogens is 400 g/mol. The molecule has 0 aliphatic carbocycles. The molecule has 154 valence electrons. The van der Waals surface area contributed by atoms with Gasteiger partial charge >= 0.3 is 0 Å². The van der Waals surface area contributed by atoms with Crippen LogP contribution in [0.3, 0.4) is 0 Å². The molecule has 0 saturated carbocycles. The zero-order chi connectivity index (χ0) is 20.6. The highest BCUT2D eigenvalue weighted by Gasteiger charge is 2.26. The van der Waals surface area contributed by atoms with E-state index in [0.29, 0.717) is 12.8 Å². The van der Waals surface area contributed by atoms with Crippen molar-refractivity contribution in [2.75, 3.05) is 25.7 Å². The normalized spacial score (nSPS) is 14.5. The van der Waals surface area contributed by atoms with Crippen molar-refractivity contribution in [1.82, 2.24) is 0 Å². The molecule has 0 N–H and O–H groups in total. The van der Waals surface area contributed by atoms with Crippen LogP contribution in [0.5, 0.6) is 0 Å². The first-order valence-corrected chi connectivity index (χ1v) is 12.5. The van der Waals surface area contributed by atoms with E-state index in [4.69, 9.17) is 8.37 Å². The molecular formula is C20H26O6S2. The van der Waals surface area contributed by atoms with Gasteiger partial charge in [-0.2, -0.15) is 16.8 Å². The molecule has 2 rings (SSSR count). The first-order chi connectivity index (χ1) is 13.1. The number of hydrogen-bond donors (Lipinski definition) is 0. The fourth-order valence-electron chi connectivity index (χ4n) is 2.98. The fourth-order valence-corrected chi connectivity index (χ4v) is 3.82. The van der Waals surface area contributed by atoms with Crippen molar-refractivity contribution in [3.05, 3.63) is 71.8 Å². The summed E-state index contributed by atoms with van der Waals surface area (Å²) in [5.41, 5.74) is 2.03. The Bertz CT molecular complexity index is 846. The van der Waals surface area contributed by atoms with Crippen LogP contribution in [0.25, 0.3) is 0 Å². The second kappa shape index (κ2) is 10.2. The predicted octanol–water partition coefficient (Wildman–Crippen LogP) is 2.66. The van der Waals surface area contributed by atoms with Gasteiger partial charge < -0.3 is 0 Å². The van der Waals surface area contributed by atoms with Crippen molar-refractivity contribution >= 4 is 20.2 Å². The Morgan fingerprint density at radius 2 is 0.964 bits per heavy atom. The molecule has 0 aliphatic rings. The van der Waals surface area contributed by atoms with Crippen LogP contribution < -0.4 is 0 Å². The van der Waals surface area contributed by atoms with Gasteiger partial charge in [0.2, 0.25) is 0 Å². The van der Waals surface area contributed by atoms with Gasteiger partial charge in [0.25, 0.3) is 20.2 Å². The first kappa shape index (κ1) is 22.5. The van der Waals surface area contributed by atoms with E-state index in [1.165, 1.54) is 0 Å². The molecule has 0 heterocycles. The second-order valence-corrected chi connectivity index (χ2v) is 10.2. The maximum Gasteiger partial charge on any atom is 0.264 e. The standard InChI is InChI=1S/C20H26O6S2/c1-27(21,22)25-15-19(13-17-9-5-3-6-10-17)20(16-26-28(2,23)24)14-18-11-7-4-8-12-18/h3-12,19-20H,13-16H2,1-2H3/t19-,20-/m0/s1. The van der Waals surface area contributed by atoms with Crippen LogP contribution in [0.2, 0.25) is 0 Å². The fraction of sp³-hybridized carbons (Fsp3) is 0.400. The largest absolute Gasteiger partial charge is 0.270 e. The highest BCUT2D eigenvalue weighted by Crippen LogP contribution is 2.24. The molecule has 8 heteroatoms. The van der Waals surface area contributed by atoms with Crippen molar-refractivity contribution in [2.24, 2.45) is 11.8 Å². The van der Waals surface area contributed by atoms with Crippen LogP contribution in [-0.4, -0.2) is 42.6 Å². The molecule has 0 fully saturated rings. The molecule has 0 aliphatic heterocycles. The van der Waals surface area contributed by atoms with Crippen molar-refractivity contribution in [1.29, 1.82) is 0 Å². The molecule has 28 heavy (non-hydrogen) atoms. The third-order valence-electron chi connectivity index (χ3n) is 4.34. The Hall–Kier alpha value is -1.74. The summed E-state index contributed by atoms with van der Waals surface area (Å²) in [4.78, 5) is 0. The lowest BCUT2D eigenvalue weighted by atomic mass is 9.84. The predicted molar refractivity (Wildman–Crippen MR) is 109 cm³/mol. The van der Waals surface area contributed by atoms with Gasteiger partial charge in [0, 0.05) is 0 Å². The summed E-state index contributed by atoms with van der Waals surface area (Å²) in [7, 11) is -7.24. The van der Waals surface area contributed by atoms with E-state index in [0.717, 1.165) is 23.6 Å². The molecule has 2 atom stereocenters. The summed E-state index contributed by atoms with van der Waals surface area (Å²) in [5.74, 6) is -0.502.